The highest BCUT2D eigenvalue weighted by atomic mass is 16.5. The molecule has 0 spiro atoms. The van der Waals surface area contributed by atoms with Gasteiger partial charge in [0.2, 0.25) is 0 Å². The van der Waals surface area contributed by atoms with E-state index in [1.54, 1.807) is 4.90 Å². The molecule has 0 bridgehead atoms. The molecule has 7 heteroatoms. The van der Waals surface area contributed by atoms with E-state index in [1.165, 1.54) is 16.8 Å². The Bertz CT molecular complexity index is 791. The van der Waals surface area contributed by atoms with Crippen molar-refractivity contribution in [1.82, 2.24) is 14.7 Å². The third kappa shape index (κ3) is 4.49. The summed E-state index contributed by atoms with van der Waals surface area (Å²) >= 11 is 0. The van der Waals surface area contributed by atoms with E-state index in [0.29, 0.717) is 26.3 Å². The number of para-hydroxylation sites is 1. The summed E-state index contributed by atoms with van der Waals surface area (Å²) in [5.41, 5.74) is 0.00712. The first kappa shape index (κ1) is 18.1. The van der Waals surface area contributed by atoms with Gasteiger partial charge in [-0.2, -0.15) is 5.10 Å². The summed E-state index contributed by atoms with van der Waals surface area (Å²) in [4.78, 5) is 26.4. The molecule has 1 aliphatic rings. The van der Waals surface area contributed by atoms with Crippen LogP contribution in [0.2, 0.25) is 0 Å². The lowest BCUT2D eigenvalue weighted by molar-refractivity contribution is -0.0229. The van der Waals surface area contributed by atoms with E-state index in [-0.39, 0.29) is 29.8 Å². The molecule has 7 nitrogen and oxygen atoms in total. The van der Waals surface area contributed by atoms with Gasteiger partial charge >= 0.3 is 0 Å². The summed E-state index contributed by atoms with van der Waals surface area (Å²) in [5, 5.41) is 4.22. The van der Waals surface area contributed by atoms with E-state index in [0.717, 1.165) is 12.2 Å². The molecule has 0 unspecified atom stereocenters. The van der Waals surface area contributed by atoms with Crippen molar-refractivity contribution < 1.29 is 14.3 Å². The molecule has 2 heterocycles. The fraction of sp³-hybridized carbons (Fsp3) is 0.421. The fourth-order valence-electron chi connectivity index (χ4n) is 2.80. The van der Waals surface area contributed by atoms with Gasteiger partial charge in [0.1, 0.15) is 18.1 Å². The molecule has 26 heavy (non-hydrogen) atoms. The van der Waals surface area contributed by atoms with Gasteiger partial charge < -0.3 is 14.4 Å². The van der Waals surface area contributed by atoms with Crippen LogP contribution in [-0.2, 0) is 11.3 Å². The average molecular weight is 357 g/mol. The Hall–Kier alpha value is -2.67. The van der Waals surface area contributed by atoms with Crippen molar-refractivity contribution in [1.29, 1.82) is 0 Å². The Labute approximate surface area is 152 Å². The van der Waals surface area contributed by atoms with Crippen LogP contribution in [0.3, 0.4) is 0 Å². The van der Waals surface area contributed by atoms with Crippen LogP contribution in [0.5, 0.6) is 5.75 Å². The van der Waals surface area contributed by atoms with Crippen LogP contribution >= 0.6 is 0 Å². The van der Waals surface area contributed by atoms with Gasteiger partial charge in [0.25, 0.3) is 11.5 Å². The number of benzene rings is 1. The Morgan fingerprint density at radius 1 is 1.27 bits per heavy atom. The molecular formula is C19H23N3O4. The predicted octanol–water partition coefficient (Wildman–Crippen LogP) is 1.57. The minimum Gasteiger partial charge on any atom is -0.492 e. The van der Waals surface area contributed by atoms with Crippen molar-refractivity contribution in [2.75, 3.05) is 26.3 Å². The molecule has 0 N–H and O–H groups in total. The van der Waals surface area contributed by atoms with Crippen LogP contribution in [0.4, 0.5) is 0 Å². The number of hydrogen-bond acceptors (Lipinski definition) is 5. The van der Waals surface area contributed by atoms with Crippen molar-refractivity contribution in [2.24, 2.45) is 0 Å². The highest BCUT2D eigenvalue weighted by Crippen LogP contribution is 2.11. The lowest BCUT2D eigenvalue weighted by Crippen LogP contribution is -2.46. The summed E-state index contributed by atoms with van der Waals surface area (Å²) < 4.78 is 12.5. The largest absolute Gasteiger partial charge is 0.492 e. The number of carbonyl (C=O) groups is 1. The van der Waals surface area contributed by atoms with Gasteiger partial charge in [-0.05, 0) is 24.6 Å². The van der Waals surface area contributed by atoms with Crippen LogP contribution in [0.15, 0.2) is 47.3 Å². The molecule has 0 radical (unpaired) electrons. The Morgan fingerprint density at radius 2 is 2.08 bits per heavy atom. The third-order valence-electron chi connectivity index (χ3n) is 4.28. The summed E-state index contributed by atoms with van der Waals surface area (Å²) in [6.07, 6.45) is 0.908. The minimum atomic E-state index is -0.258. The Kier molecular flexibility index (Phi) is 6.01. The number of hydrogen-bond donors (Lipinski definition) is 0. The van der Waals surface area contributed by atoms with Crippen LogP contribution in [-0.4, -0.2) is 53.0 Å². The second kappa shape index (κ2) is 8.62. The number of ether oxygens (including phenoxy) is 2. The predicted molar refractivity (Wildman–Crippen MR) is 96.4 cm³/mol. The summed E-state index contributed by atoms with van der Waals surface area (Å²) in [7, 11) is 0. The molecule has 1 atom stereocenters. The van der Waals surface area contributed by atoms with Gasteiger partial charge in [0, 0.05) is 19.2 Å². The molecular weight excluding hydrogens is 334 g/mol. The number of morpholine rings is 1. The monoisotopic (exact) mass is 357 g/mol. The average Bonchev–Trinajstić information content (AvgIpc) is 2.69. The normalized spacial score (nSPS) is 17.1. The van der Waals surface area contributed by atoms with Crippen molar-refractivity contribution in [3.8, 4) is 5.75 Å². The maximum Gasteiger partial charge on any atom is 0.274 e. The van der Waals surface area contributed by atoms with Gasteiger partial charge in [0.05, 0.1) is 19.3 Å². The quantitative estimate of drug-likeness (QED) is 0.785. The lowest BCUT2D eigenvalue weighted by atomic mass is 10.2. The number of nitrogens with zero attached hydrogens (tertiary/aromatic N) is 3. The van der Waals surface area contributed by atoms with E-state index in [9.17, 15) is 9.59 Å². The molecule has 1 amide bonds. The number of amides is 1. The van der Waals surface area contributed by atoms with Gasteiger partial charge in [-0.1, -0.05) is 25.1 Å². The van der Waals surface area contributed by atoms with Gasteiger partial charge in [0.15, 0.2) is 0 Å². The highest BCUT2D eigenvalue weighted by molar-refractivity contribution is 5.92. The van der Waals surface area contributed by atoms with Crippen molar-refractivity contribution in [3.05, 3.63) is 58.5 Å². The molecule has 1 aromatic carbocycles. The van der Waals surface area contributed by atoms with E-state index >= 15 is 0 Å². The minimum absolute atomic E-state index is 0.0536. The van der Waals surface area contributed by atoms with Crippen LogP contribution < -0.4 is 10.3 Å². The third-order valence-corrected chi connectivity index (χ3v) is 4.28. The first-order valence-corrected chi connectivity index (χ1v) is 8.84. The fourth-order valence-corrected chi connectivity index (χ4v) is 2.80. The Balaban J connectivity index is 1.65. The van der Waals surface area contributed by atoms with Crippen LogP contribution in [0.25, 0.3) is 0 Å². The zero-order valence-corrected chi connectivity index (χ0v) is 14.8. The second-order valence-corrected chi connectivity index (χ2v) is 6.09. The smallest absolute Gasteiger partial charge is 0.274 e. The van der Waals surface area contributed by atoms with Crippen LogP contribution in [0, 0.1) is 0 Å². The molecule has 0 saturated carbocycles. The van der Waals surface area contributed by atoms with Gasteiger partial charge in [-0.3, -0.25) is 9.59 Å². The number of rotatable bonds is 6. The number of aromatic nitrogens is 2. The zero-order valence-electron chi connectivity index (χ0n) is 14.8. The first-order chi connectivity index (χ1) is 12.7. The topological polar surface area (TPSA) is 73.7 Å². The molecule has 0 aliphatic carbocycles. The standard InChI is InChI=1S/C19H23N3O4/c1-2-15-14-21(10-12-25-15)19(24)17-8-9-18(23)22(20-17)11-13-26-16-6-4-3-5-7-16/h3-9,15H,2,10-14H2,1H3/t15-/m0/s1. The molecule has 2 aromatic rings. The van der Waals surface area contributed by atoms with Crippen LogP contribution in [0.1, 0.15) is 23.8 Å². The van der Waals surface area contributed by atoms with E-state index in [4.69, 9.17) is 9.47 Å². The molecule has 1 aromatic heterocycles. The summed E-state index contributed by atoms with van der Waals surface area (Å²) in [6.45, 7) is 4.21. The molecule has 138 valence electrons. The maximum atomic E-state index is 12.7. The van der Waals surface area contributed by atoms with Gasteiger partial charge in [-0.15, -0.1) is 0 Å². The van der Waals surface area contributed by atoms with E-state index in [1.807, 2.05) is 37.3 Å². The zero-order chi connectivity index (χ0) is 18.4. The molecule has 1 fully saturated rings. The summed E-state index contributed by atoms with van der Waals surface area (Å²) in [6, 6.07) is 12.2. The maximum absolute atomic E-state index is 12.7. The Morgan fingerprint density at radius 3 is 2.85 bits per heavy atom. The first-order valence-electron chi connectivity index (χ1n) is 8.84. The molecule has 1 saturated heterocycles. The van der Waals surface area contributed by atoms with Crippen molar-refractivity contribution in [3.63, 3.8) is 0 Å². The number of carbonyl (C=O) groups excluding carboxylic acids is 1. The highest BCUT2D eigenvalue weighted by Gasteiger charge is 2.25. The van der Waals surface area contributed by atoms with E-state index in [2.05, 4.69) is 5.10 Å². The van der Waals surface area contributed by atoms with E-state index < -0.39 is 0 Å². The summed E-state index contributed by atoms with van der Waals surface area (Å²) in [5.74, 6) is 0.552. The van der Waals surface area contributed by atoms with Gasteiger partial charge in [-0.25, -0.2) is 4.68 Å². The van der Waals surface area contributed by atoms with Crippen molar-refractivity contribution in [2.45, 2.75) is 26.0 Å². The molecule has 3 rings (SSSR count). The molecule has 1 aliphatic heterocycles. The SMILES string of the molecule is CC[C@H]1CN(C(=O)c2ccc(=O)n(CCOc3ccccc3)n2)CCO1. The van der Waals surface area contributed by atoms with Crippen molar-refractivity contribution >= 4 is 5.91 Å². The second-order valence-electron chi connectivity index (χ2n) is 6.09. The lowest BCUT2D eigenvalue weighted by Gasteiger charge is -2.32.